The predicted octanol–water partition coefficient (Wildman–Crippen LogP) is 4.14. The van der Waals surface area contributed by atoms with E-state index in [0.29, 0.717) is 0 Å². The fourth-order valence-corrected chi connectivity index (χ4v) is 2.01. The van der Waals surface area contributed by atoms with E-state index in [0.717, 1.165) is 16.6 Å². The molecule has 3 heteroatoms. The monoisotopic (exact) mass is 270 g/mol. The summed E-state index contributed by atoms with van der Waals surface area (Å²) in [5.74, 6) is 0. The van der Waals surface area contributed by atoms with Crippen molar-refractivity contribution >= 4 is 15.9 Å². The lowest BCUT2D eigenvalue weighted by Crippen LogP contribution is -1.92. The molecule has 0 unspecified atom stereocenters. The van der Waals surface area contributed by atoms with Crippen molar-refractivity contribution in [2.24, 2.45) is 0 Å². The summed E-state index contributed by atoms with van der Waals surface area (Å²) in [5, 5.41) is 0. The van der Waals surface area contributed by atoms with Gasteiger partial charge in [-0.15, -0.1) is 0 Å². The lowest BCUT2D eigenvalue weighted by molar-refractivity contribution is 0.604. The van der Waals surface area contributed by atoms with Crippen LogP contribution >= 0.6 is 15.9 Å². The Morgan fingerprint density at radius 3 is 2.60 bits per heavy atom. The van der Waals surface area contributed by atoms with Crippen LogP contribution in [0.3, 0.4) is 0 Å². The SMILES string of the molecule is CCCCCCCCc1ncncc1Br. The third kappa shape index (κ3) is 5.26. The van der Waals surface area contributed by atoms with Crippen LogP contribution in [0.1, 0.15) is 51.1 Å². The van der Waals surface area contributed by atoms with Crippen LogP contribution in [0.25, 0.3) is 0 Å². The Morgan fingerprint density at radius 1 is 1.13 bits per heavy atom. The van der Waals surface area contributed by atoms with Crippen LogP contribution in [0.2, 0.25) is 0 Å². The number of hydrogen-bond donors (Lipinski definition) is 0. The van der Waals surface area contributed by atoms with E-state index < -0.39 is 0 Å². The molecule has 1 heterocycles. The molecule has 0 saturated heterocycles. The van der Waals surface area contributed by atoms with Crippen molar-refractivity contribution < 1.29 is 0 Å². The lowest BCUT2D eigenvalue weighted by atomic mass is 10.1. The van der Waals surface area contributed by atoms with Gasteiger partial charge in [0, 0.05) is 6.20 Å². The van der Waals surface area contributed by atoms with Crippen LogP contribution in [0.4, 0.5) is 0 Å². The van der Waals surface area contributed by atoms with Gasteiger partial charge in [-0.05, 0) is 28.8 Å². The second-order valence-corrected chi connectivity index (χ2v) is 4.69. The van der Waals surface area contributed by atoms with Crippen LogP contribution in [-0.4, -0.2) is 9.97 Å². The zero-order valence-electron chi connectivity index (χ0n) is 9.38. The molecule has 15 heavy (non-hydrogen) atoms. The molecule has 0 aromatic carbocycles. The van der Waals surface area contributed by atoms with Crippen molar-refractivity contribution in [3.63, 3.8) is 0 Å². The number of rotatable bonds is 7. The minimum absolute atomic E-state index is 1.04. The van der Waals surface area contributed by atoms with Gasteiger partial charge in [0.1, 0.15) is 6.33 Å². The number of hydrogen-bond acceptors (Lipinski definition) is 2. The number of nitrogens with zero attached hydrogens (tertiary/aromatic N) is 2. The number of aryl methyl sites for hydroxylation is 1. The molecule has 1 aromatic rings. The molecule has 0 fully saturated rings. The molecular formula is C12H19BrN2. The molecule has 0 bridgehead atoms. The van der Waals surface area contributed by atoms with Gasteiger partial charge in [-0.25, -0.2) is 9.97 Å². The minimum atomic E-state index is 1.04. The summed E-state index contributed by atoms with van der Waals surface area (Å²) in [5.41, 5.74) is 1.14. The van der Waals surface area contributed by atoms with Crippen molar-refractivity contribution in [2.75, 3.05) is 0 Å². The fourth-order valence-electron chi connectivity index (χ4n) is 1.59. The van der Waals surface area contributed by atoms with Crippen molar-refractivity contribution in [1.82, 2.24) is 9.97 Å². The predicted molar refractivity (Wildman–Crippen MR) is 66.8 cm³/mol. The Labute approximate surface area is 101 Å². The highest BCUT2D eigenvalue weighted by molar-refractivity contribution is 9.10. The molecule has 0 aliphatic heterocycles. The van der Waals surface area contributed by atoms with Crippen LogP contribution < -0.4 is 0 Å². The van der Waals surface area contributed by atoms with E-state index in [-0.39, 0.29) is 0 Å². The maximum atomic E-state index is 4.25. The van der Waals surface area contributed by atoms with Crippen LogP contribution in [-0.2, 0) is 6.42 Å². The molecule has 0 radical (unpaired) electrons. The van der Waals surface area contributed by atoms with Gasteiger partial charge >= 0.3 is 0 Å². The third-order valence-electron chi connectivity index (χ3n) is 2.51. The van der Waals surface area contributed by atoms with Crippen molar-refractivity contribution in [1.29, 1.82) is 0 Å². The van der Waals surface area contributed by atoms with E-state index in [1.54, 1.807) is 6.33 Å². The Hall–Kier alpha value is -0.440. The minimum Gasteiger partial charge on any atom is -0.244 e. The standard InChI is InChI=1S/C12H19BrN2/c1-2-3-4-5-6-7-8-12-11(13)9-14-10-15-12/h9-10H,2-8H2,1H3. The van der Waals surface area contributed by atoms with Gasteiger partial charge in [0.2, 0.25) is 0 Å². The van der Waals surface area contributed by atoms with Gasteiger partial charge in [0.15, 0.2) is 0 Å². The molecule has 1 aromatic heterocycles. The highest BCUT2D eigenvalue weighted by atomic mass is 79.9. The quantitative estimate of drug-likeness (QED) is 0.696. The van der Waals surface area contributed by atoms with Crippen molar-refractivity contribution in [3.05, 3.63) is 22.7 Å². The average molecular weight is 271 g/mol. The summed E-state index contributed by atoms with van der Waals surface area (Å²) in [6.45, 7) is 2.25. The van der Waals surface area contributed by atoms with E-state index >= 15 is 0 Å². The maximum Gasteiger partial charge on any atom is 0.115 e. The normalized spacial score (nSPS) is 10.5. The van der Waals surface area contributed by atoms with E-state index in [4.69, 9.17) is 0 Å². The van der Waals surface area contributed by atoms with E-state index in [1.165, 1.54) is 38.5 Å². The molecular weight excluding hydrogens is 252 g/mol. The summed E-state index contributed by atoms with van der Waals surface area (Å²) in [6, 6.07) is 0. The topological polar surface area (TPSA) is 25.8 Å². The van der Waals surface area contributed by atoms with Gasteiger partial charge in [0.05, 0.1) is 10.2 Å². The van der Waals surface area contributed by atoms with Gasteiger partial charge in [-0.2, -0.15) is 0 Å². The molecule has 0 aliphatic rings. The van der Waals surface area contributed by atoms with Crippen LogP contribution in [0, 0.1) is 0 Å². The molecule has 0 aliphatic carbocycles. The molecule has 0 atom stereocenters. The zero-order valence-corrected chi connectivity index (χ0v) is 11.0. The van der Waals surface area contributed by atoms with Gasteiger partial charge in [0.25, 0.3) is 0 Å². The number of unbranched alkanes of at least 4 members (excludes halogenated alkanes) is 5. The molecule has 0 N–H and O–H groups in total. The van der Waals surface area contributed by atoms with Gasteiger partial charge < -0.3 is 0 Å². The van der Waals surface area contributed by atoms with E-state index in [2.05, 4.69) is 32.8 Å². The summed E-state index contributed by atoms with van der Waals surface area (Å²) < 4.78 is 1.04. The third-order valence-corrected chi connectivity index (χ3v) is 3.17. The Morgan fingerprint density at radius 2 is 1.87 bits per heavy atom. The number of aromatic nitrogens is 2. The zero-order chi connectivity index (χ0) is 10.9. The van der Waals surface area contributed by atoms with Crippen molar-refractivity contribution in [2.45, 2.75) is 51.9 Å². The van der Waals surface area contributed by atoms with Crippen molar-refractivity contribution in [3.8, 4) is 0 Å². The largest absolute Gasteiger partial charge is 0.244 e. The second kappa shape index (κ2) is 7.80. The van der Waals surface area contributed by atoms with Gasteiger partial charge in [-0.1, -0.05) is 39.0 Å². The molecule has 0 saturated carbocycles. The highest BCUT2D eigenvalue weighted by Gasteiger charge is 2.00. The average Bonchev–Trinajstić information content (AvgIpc) is 2.25. The fraction of sp³-hybridized carbons (Fsp3) is 0.667. The summed E-state index contributed by atoms with van der Waals surface area (Å²) >= 11 is 3.47. The Balaban J connectivity index is 2.12. The Bertz CT molecular complexity index is 276. The number of halogens is 1. The molecule has 0 spiro atoms. The van der Waals surface area contributed by atoms with Crippen LogP contribution in [0.15, 0.2) is 17.0 Å². The van der Waals surface area contributed by atoms with E-state index in [1.807, 2.05) is 6.20 Å². The van der Waals surface area contributed by atoms with Crippen LogP contribution in [0.5, 0.6) is 0 Å². The molecule has 0 amide bonds. The first-order valence-electron chi connectivity index (χ1n) is 5.79. The lowest BCUT2D eigenvalue weighted by Gasteiger charge is -2.02. The summed E-state index contributed by atoms with van der Waals surface area (Å²) in [4.78, 5) is 8.21. The first-order chi connectivity index (χ1) is 7.34. The molecule has 1 rings (SSSR count). The first kappa shape index (κ1) is 12.6. The summed E-state index contributed by atoms with van der Waals surface area (Å²) in [6.07, 6.45) is 12.5. The smallest absolute Gasteiger partial charge is 0.115 e. The molecule has 84 valence electrons. The molecule has 2 nitrogen and oxygen atoms in total. The Kier molecular flexibility index (Phi) is 6.57. The first-order valence-corrected chi connectivity index (χ1v) is 6.58. The second-order valence-electron chi connectivity index (χ2n) is 3.84. The highest BCUT2D eigenvalue weighted by Crippen LogP contribution is 2.15. The van der Waals surface area contributed by atoms with Gasteiger partial charge in [-0.3, -0.25) is 0 Å². The summed E-state index contributed by atoms with van der Waals surface area (Å²) in [7, 11) is 0. The van der Waals surface area contributed by atoms with E-state index in [9.17, 15) is 0 Å². The maximum absolute atomic E-state index is 4.25.